The minimum absolute atomic E-state index is 0.858. The van der Waals surface area contributed by atoms with Crippen LogP contribution in [0.25, 0.3) is 0 Å². The van der Waals surface area contributed by atoms with E-state index >= 15 is 0 Å². The standard InChI is InChI=1S/C9H11NO/c1-7-5-9-8(6-10-7)3-2-4-11-9/h5-6H,2-4H2,1H3. The third-order valence-corrected chi connectivity index (χ3v) is 1.93. The molecule has 0 fully saturated rings. The van der Waals surface area contributed by atoms with Crippen molar-refractivity contribution >= 4 is 0 Å². The first-order valence-electron chi connectivity index (χ1n) is 3.94. The molecule has 0 atom stereocenters. The normalized spacial score (nSPS) is 15.4. The Labute approximate surface area is 66.2 Å². The first kappa shape index (κ1) is 6.65. The molecule has 1 aromatic heterocycles. The largest absolute Gasteiger partial charge is 0.493 e. The predicted molar refractivity (Wildman–Crippen MR) is 42.8 cm³/mol. The zero-order valence-corrected chi connectivity index (χ0v) is 6.63. The fourth-order valence-corrected chi connectivity index (χ4v) is 1.33. The summed E-state index contributed by atoms with van der Waals surface area (Å²) in [6.07, 6.45) is 4.16. The van der Waals surface area contributed by atoms with E-state index in [1.165, 1.54) is 5.56 Å². The van der Waals surface area contributed by atoms with Crippen LogP contribution >= 0.6 is 0 Å². The van der Waals surface area contributed by atoms with Crippen molar-refractivity contribution in [1.29, 1.82) is 0 Å². The highest BCUT2D eigenvalue weighted by Gasteiger charge is 2.09. The van der Waals surface area contributed by atoms with Gasteiger partial charge in [0.05, 0.1) is 6.61 Å². The van der Waals surface area contributed by atoms with Crippen LogP contribution in [0, 0.1) is 6.92 Å². The molecule has 11 heavy (non-hydrogen) atoms. The molecule has 0 amide bonds. The van der Waals surface area contributed by atoms with Crippen molar-refractivity contribution in [2.75, 3.05) is 6.61 Å². The van der Waals surface area contributed by atoms with Gasteiger partial charge in [-0.25, -0.2) is 0 Å². The molecule has 0 unspecified atom stereocenters. The first-order valence-corrected chi connectivity index (χ1v) is 3.94. The van der Waals surface area contributed by atoms with Crippen molar-refractivity contribution in [3.8, 4) is 5.75 Å². The van der Waals surface area contributed by atoms with E-state index in [1.54, 1.807) is 0 Å². The summed E-state index contributed by atoms with van der Waals surface area (Å²) < 4.78 is 5.46. The van der Waals surface area contributed by atoms with Gasteiger partial charge in [0.1, 0.15) is 5.75 Å². The molecule has 0 N–H and O–H groups in total. The van der Waals surface area contributed by atoms with Crippen LogP contribution < -0.4 is 4.74 Å². The molecular weight excluding hydrogens is 138 g/mol. The molecule has 0 saturated carbocycles. The molecule has 1 aromatic rings. The number of fused-ring (bicyclic) bond motifs is 1. The monoisotopic (exact) mass is 149 g/mol. The number of aryl methyl sites for hydroxylation is 2. The Morgan fingerprint density at radius 2 is 2.45 bits per heavy atom. The third-order valence-electron chi connectivity index (χ3n) is 1.93. The molecule has 0 radical (unpaired) electrons. The molecule has 58 valence electrons. The van der Waals surface area contributed by atoms with Crippen LogP contribution in [0.2, 0.25) is 0 Å². The SMILES string of the molecule is Cc1cc2c(cn1)CCCO2. The maximum atomic E-state index is 5.46. The van der Waals surface area contributed by atoms with E-state index in [-0.39, 0.29) is 0 Å². The van der Waals surface area contributed by atoms with E-state index in [9.17, 15) is 0 Å². The summed E-state index contributed by atoms with van der Waals surface area (Å²) in [6, 6.07) is 2.01. The van der Waals surface area contributed by atoms with Crippen molar-refractivity contribution < 1.29 is 4.74 Å². The minimum atomic E-state index is 0.858. The first-order chi connectivity index (χ1) is 5.36. The van der Waals surface area contributed by atoms with Crippen molar-refractivity contribution in [1.82, 2.24) is 4.98 Å². The number of rotatable bonds is 0. The van der Waals surface area contributed by atoms with Gasteiger partial charge in [-0.05, 0) is 19.8 Å². The minimum Gasteiger partial charge on any atom is -0.493 e. The Hall–Kier alpha value is -1.05. The van der Waals surface area contributed by atoms with E-state index in [1.807, 2.05) is 19.2 Å². The Balaban J connectivity index is 2.43. The Bertz CT molecular complexity index is 270. The van der Waals surface area contributed by atoms with Crippen LogP contribution in [-0.4, -0.2) is 11.6 Å². The van der Waals surface area contributed by atoms with Crippen LogP contribution in [-0.2, 0) is 6.42 Å². The van der Waals surface area contributed by atoms with Gasteiger partial charge in [-0.3, -0.25) is 4.98 Å². The van der Waals surface area contributed by atoms with Gasteiger partial charge in [0.25, 0.3) is 0 Å². The van der Waals surface area contributed by atoms with Crippen LogP contribution in [0.4, 0.5) is 0 Å². The number of ether oxygens (including phenoxy) is 1. The lowest BCUT2D eigenvalue weighted by molar-refractivity contribution is 0.287. The molecule has 2 heteroatoms. The van der Waals surface area contributed by atoms with Gasteiger partial charge in [-0.1, -0.05) is 0 Å². The highest BCUT2D eigenvalue weighted by atomic mass is 16.5. The van der Waals surface area contributed by atoms with Gasteiger partial charge in [-0.15, -0.1) is 0 Å². The molecule has 1 aliphatic rings. The molecule has 0 aromatic carbocycles. The smallest absolute Gasteiger partial charge is 0.125 e. The summed E-state index contributed by atoms with van der Waals surface area (Å²) in [6.45, 7) is 2.84. The molecule has 0 aliphatic carbocycles. The Morgan fingerprint density at radius 1 is 1.55 bits per heavy atom. The van der Waals surface area contributed by atoms with E-state index in [0.717, 1.165) is 30.9 Å². The maximum Gasteiger partial charge on any atom is 0.125 e. The van der Waals surface area contributed by atoms with Crippen LogP contribution in [0.15, 0.2) is 12.3 Å². The quantitative estimate of drug-likeness (QED) is 0.560. The fourth-order valence-electron chi connectivity index (χ4n) is 1.33. The fraction of sp³-hybridized carbons (Fsp3) is 0.444. The summed E-state index contributed by atoms with van der Waals surface area (Å²) in [4.78, 5) is 4.21. The van der Waals surface area contributed by atoms with Crippen LogP contribution in [0.3, 0.4) is 0 Å². The lowest BCUT2D eigenvalue weighted by atomic mass is 10.1. The van der Waals surface area contributed by atoms with E-state index in [0.29, 0.717) is 0 Å². The maximum absolute atomic E-state index is 5.46. The third kappa shape index (κ3) is 1.20. The molecule has 0 spiro atoms. The lowest BCUT2D eigenvalue weighted by Gasteiger charge is -2.16. The van der Waals surface area contributed by atoms with Crippen molar-refractivity contribution in [3.05, 3.63) is 23.5 Å². The second kappa shape index (κ2) is 2.53. The molecule has 2 nitrogen and oxygen atoms in total. The summed E-state index contributed by atoms with van der Waals surface area (Å²) in [5.41, 5.74) is 2.28. The van der Waals surface area contributed by atoms with Gasteiger partial charge >= 0.3 is 0 Å². The highest BCUT2D eigenvalue weighted by molar-refractivity contribution is 5.34. The highest BCUT2D eigenvalue weighted by Crippen LogP contribution is 2.23. The Kier molecular flexibility index (Phi) is 1.53. The second-order valence-corrected chi connectivity index (χ2v) is 2.89. The van der Waals surface area contributed by atoms with Crippen LogP contribution in [0.1, 0.15) is 17.7 Å². The van der Waals surface area contributed by atoms with Gasteiger partial charge in [0, 0.05) is 23.5 Å². The van der Waals surface area contributed by atoms with Crippen molar-refractivity contribution in [2.45, 2.75) is 19.8 Å². The molecule has 1 aliphatic heterocycles. The summed E-state index contributed by atoms with van der Waals surface area (Å²) in [5, 5.41) is 0. The van der Waals surface area contributed by atoms with Crippen molar-refractivity contribution in [3.63, 3.8) is 0 Å². The Morgan fingerprint density at radius 3 is 3.36 bits per heavy atom. The zero-order chi connectivity index (χ0) is 7.68. The average molecular weight is 149 g/mol. The summed E-state index contributed by atoms with van der Waals surface area (Å²) in [7, 11) is 0. The molecule has 2 heterocycles. The predicted octanol–water partition coefficient (Wildman–Crippen LogP) is 1.72. The molecule has 0 saturated heterocycles. The second-order valence-electron chi connectivity index (χ2n) is 2.89. The number of nitrogens with zero attached hydrogens (tertiary/aromatic N) is 1. The molecule has 0 bridgehead atoms. The van der Waals surface area contributed by atoms with Gasteiger partial charge in [0.2, 0.25) is 0 Å². The van der Waals surface area contributed by atoms with Crippen LogP contribution in [0.5, 0.6) is 5.75 Å². The lowest BCUT2D eigenvalue weighted by Crippen LogP contribution is -2.08. The summed E-state index contributed by atoms with van der Waals surface area (Å²) >= 11 is 0. The van der Waals surface area contributed by atoms with E-state index in [2.05, 4.69) is 4.98 Å². The van der Waals surface area contributed by atoms with E-state index < -0.39 is 0 Å². The van der Waals surface area contributed by atoms with Crippen molar-refractivity contribution in [2.24, 2.45) is 0 Å². The number of hydrogen-bond acceptors (Lipinski definition) is 2. The van der Waals surface area contributed by atoms with Gasteiger partial charge in [0.15, 0.2) is 0 Å². The van der Waals surface area contributed by atoms with E-state index in [4.69, 9.17) is 4.74 Å². The topological polar surface area (TPSA) is 22.1 Å². The average Bonchev–Trinajstić information content (AvgIpc) is 2.04. The number of pyridine rings is 1. The summed E-state index contributed by atoms with van der Waals surface area (Å²) in [5.74, 6) is 1.03. The van der Waals surface area contributed by atoms with Gasteiger partial charge < -0.3 is 4.74 Å². The zero-order valence-electron chi connectivity index (χ0n) is 6.63. The van der Waals surface area contributed by atoms with Gasteiger partial charge in [-0.2, -0.15) is 0 Å². The number of hydrogen-bond donors (Lipinski definition) is 0. The molecule has 2 rings (SSSR count). The number of aromatic nitrogens is 1. The molecular formula is C9H11NO.